The molecule has 7 nitrogen and oxygen atoms in total. The highest BCUT2D eigenvalue weighted by molar-refractivity contribution is 6.32. The molecule has 0 radical (unpaired) electrons. The molecule has 0 saturated carbocycles. The molecule has 0 unspecified atom stereocenters. The maximum atomic E-state index is 12.5. The zero-order valence-electron chi connectivity index (χ0n) is 18.8. The Morgan fingerprint density at radius 1 is 0.848 bits per heavy atom. The monoisotopic (exact) mass is 468 g/mol. The normalized spacial score (nSPS) is 10.3. The molecule has 0 aliphatic heterocycles. The summed E-state index contributed by atoms with van der Waals surface area (Å²) in [6, 6.07) is 15.5. The number of carbonyl (C=O) groups is 2. The molecule has 3 aromatic rings. The molecule has 0 saturated heterocycles. The number of aryl methyl sites for hydroxylation is 2. The Morgan fingerprint density at radius 3 is 1.94 bits per heavy atom. The van der Waals surface area contributed by atoms with Crippen LogP contribution in [-0.2, 0) is 4.79 Å². The van der Waals surface area contributed by atoms with Gasteiger partial charge in [0.25, 0.3) is 11.8 Å². The number of methoxy groups -OCH3 is 2. The summed E-state index contributed by atoms with van der Waals surface area (Å²) in [7, 11) is 2.94. The maximum absolute atomic E-state index is 12.5. The SMILES string of the molecule is COc1cc(NC(=O)c2ccccc2)c(OC)cc1NC(=O)COc1cc(C)c(Cl)c(C)c1. The highest BCUT2D eigenvalue weighted by Crippen LogP contribution is 2.36. The number of anilines is 2. The van der Waals surface area contributed by atoms with Crippen molar-refractivity contribution >= 4 is 34.8 Å². The number of amides is 2. The van der Waals surface area contributed by atoms with E-state index in [1.165, 1.54) is 14.2 Å². The molecule has 3 aromatic carbocycles. The predicted octanol–water partition coefficient (Wildman–Crippen LogP) is 5.24. The first-order valence-electron chi connectivity index (χ1n) is 10.1. The van der Waals surface area contributed by atoms with Crippen LogP contribution in [0.15, 0.2) is 54.6 Å². The molecular weight excluding hydrogens is 444 g/mol. The minimum Gasteiger partial charge on any atom is -0.494 e. The van der Waals surface area contributed by atoms with E-state index in [-0.39, 0.29) is 18.4 Å². The van der Waals surface area contributed by atoms with Crippen molar-refractivity contribution in [1.29, 1.82) is 0 Å². The van der Waals surface area contributed by atoms with E-state index in [0.717, 1.165) is 11.1 Å². The van der Waals surface area contributed by atoms with Crippen LogP contribution < -0.4 is 24.8 Å². The molecule has 0 aliphatic carbocycles. The van der Waals surface area contributed by atoms with Crippen LogP contribution in [0.1, 0.15) is 21.5 Å². The number of rotatable bonds is 8. The third-order valence-corrected chi connectivity index (χ3v) is 5.46. The standard InChI is InChI=1S/C25H25ClN2O5/c1-15-10-18(11-16(2)24(15)26)33-14-23(29)27-19-12-22(32-4)20(13-21(19)31-3)28-25(30)17-8-6-5-7-9-17/h5-13H,14H2,1-4H3,(H,27,29)(H,28,30). The van der Waals surface area contributed by atoms with E-state index < -0.39 is 0 Å². The van der Waals surface area contributed by atoms with Crippen LogP contribution in [0.3, 0.4) is 0 Å². The summed E-state index contributed by atoms with van der Waals surface area (Å²) in [6.07, 6.45) is 0. The van der Waals surface area contributed by atoms with E-state index in [2.05, 4.69) is 10.6 Å². The number of hydrogen-bond acceptors (Lipinski definition) is 5. The first kappa shape index (κ1) is 23.9. The molecule has 3 rings (SSSR count). The van der Waals surface area contributed by atoms with E-state index in [0.29, 0.717) is 39.2 Å². The van der Waals surface area contributed by atoms with E-state index in [4.69, 9.17) is 25.8 Å². The van der Waals surface area contributed by atoms with Gasteiger partial charge in [-0.2, -0.15) is 0 Å². The van der Waals surface area contributed by atoms with Crippen molar-refractivity contribution < 1.29 is 23.8 Å². The molecule has 0 atom stereocenters. The van der Waals surface area contributed by atoms with Gasteiger partial charge in [0.05, 0.1) is 25.6 Å². The summed E-state index contributed by atoms with van der Waals surface area (Å²) in [6.45, 7) is 3.54. The topological polar surface area (TPSA) is 85.9 Å². The Bertz CT molecular complexity index is 1140. The van der Waals surface area contributed by atoms with Crippen LogP contribution in [0.25, 0.3) is 0 Å². The zero-order valence-corrected chi connectivity index (χ0v) is 19.6. The molecule has 2 amide bonds. The molecule has 0 aromatic heterocycles. The third kappa shape index (κ3) is 5.96. The van der Waals surface area contributed by atoms with Gasteiger partial charge in [-0.05, 0) is 49.2 Å². The van der Waals surface area contributed by atoms with Gasteiger partial charge in [-0.3, -0.25) is 9.59 Å². The Kier molecular flexibility index (Phi) is 7.79. The molecule has 0 fully saturated rings. The van der Waals surface area contributed by atoms with Crippen LogP contribution in [-0.4, -0.2) is 32.6 Å². The van der Waals surface area contributed by atoms with Crippen molar-refractivity contribution in [1.82, 2.24) is 0 Å². The minimum atomic E-state index is -0.387. The summed E-state index contributed by atoms with van der Waals surface area (Å²) in [5.74, 6) is 0.579. The Labute approximate surface area is 197 Å². The second kappa shape index (κ2) is 10.7. The highest BCUT2D eigenvalue weighted by Gasteiger charge is 2.16. The summed E-state index contributed by atoms with van der Waals surface area (Å²) < 4.78 is 16.4. The van der Waals surface area contributed by atoms with Crippen molar-refractivity contribution in [3.8, 4) is 17.2 Å². The van der Waals surface area contributed by atoms with E-state index >= 15 is 0 Å². The van der Waals surface area contributed by atoms with E-state index in [1.54, 1.807) is 48.5 Å². The maximum Gasteiger partial charge on any atom is 0.262 e. The fourth-order valence-corrected chi connectivity index (χ4v) is 3.31. The predicted molar refractivity (Wildman–Crippen MR) is 129 cm³/mol. The van der Waals surface area contributed by atoms with Gasteiger partial charge >= 0.3 is 0 Å². The quantitative estimate of drug-likeness (QED) is 0.472. The molecule has 0 bridgehead atoms. The van der Waals surface area contributed by atoms with E-state index in [9.17, 15) is 9.59 Å². The van der Waals surface area contributed by atoms with Gasteiger partial charge in [0.2, 0.25) is 0 Å². The van der Waals surface area contributed by atoms with Crippen molar-refractivity contribution in [3.63, 3.8) is 0 Å². The van der Waals surface area contributed by atoms with Crippen molar-refractivity contribution in [3.05, 3.63) is 76.3 Å². The lowest BCUT2D eigenvalue weighted by Crippen LogP contribution is -2.21. The zero-order chi connectivity index (χ0) is 24.0. The average molecular weight is 469 g/mol. The van der Waals surface area contributed by atoms with Gasteiger partial charge in [0.1, 0.15) is 17.2 Å². The second-order valence-electron chi connectivity index (χ2n) is 7.28. The number of carbonyl (C=O) groups excluding carboxylic acids is 2. The average Bonchev–Trinajstić information content (AvgIpc) is 2.82. The minimum absolute atomic E-state index is 0.210. The van der Waals surface area contributed by atoms with Crippen molar-refractivity contribution in [2.75, 3.05) is 31.5 Å². The molecule has 8 heteroatoms. The van der Waals surface area contributed by atoms with Gasteiger partial charge in [0.15, 0.2) is 6.61 Å². The Balaban J connectivity index is 1.73. The molecule has 2 N–H and O–H groups in total. The lowest BCUT2D eigenvalue weighted by molar-refractivity contribution is -0.118. The van der Waals surface area contributed by atoms with Crippen LogP contribution in [0.2, 0.25) is 5.02 Å². The fraction of sp³-hybridized carbons (Fsp3) is 0.200. The first-order chi connectivity index (χ1) is 15.8. The summed E-state index contributed by atoms with van der Waals surface area (Å²) in [5, 5.41) is 6.22. The largest absolute Gasteiger partial charge is 0.494 e. The van der Waals surface area contributed by atoms with Gasteiger partial charge < -0.3 is 24.8 Å². The number of halogens is 1. The smallest absolute Gasteiger partial charge is 0.262 e. The molecule has 0 aliphatic rings. The van der Waals surface area contributed by atoms with Crippen LogP contribution in [0, 0.1) is 13.8 Å². The fourth-order valence-electron chi connectivity index (χ4n) is 3.20. The van der Waals surface area contributed by atoms with E-state index in [1.807, 2.05) is 19.9 Å². The summed E-state index contributed by atoms with van der Waals surface area (Å²) in [5.41, 5.74) is 3.02. The molecule has 33 heavy (non-hydrogen) atoms. The molecule has 0 heterocycles. The highest BCUT2D eigenvalue weighted by atomic mass is 35.5. The lowest BCUT2D eigenvalue weighted by Gasteiger charge is -2.16. The first-order valence-corrected chi connectivity index (χ1v) is 10.5. The second-order valence-corrected chi connectivity index (χ2v) is 7.66. The van der Waals surface area contributed by atoms with Gasteiger partial charge in [-0.25, -0.2) is 0 Å². The Hall–Kier alpha value is -3.71. The van der Waals surface area contributed by atoms with Gasteiger partial charge in [-0.1, -0.05) is 29.8 Å². The van der Waals surface area contributed by atoms with Gasteiger partial charge in [0, 0.05) is 22.7 Å². The summed E-state index contributed by atoms with van der Waals surface area (Å²) >= 11 is 6.17. The van der Waals surface area contributed by atoms with Crippen LogP contribution >= 0.6 is 11.6 Å². The number of benzene rings is 3. The molecule has 172 valence electrons. The number of hydrogen-bond donors (Lipinski definition) is 2. The lowest BCUT2D eigenvalue weighted by atomic mass is 10.1. The van der Waals surface area contributed by atoms with Crippen molar-refractivity contribution in [2.45, 2.75) is 13.8 Å². The number of ether oxygens (including phenoxy) is 3. The van der Waals surface area contributed by atoms with Crippen molar-refractivity contribution in [2.24, 2.45) is 0 Å². The number of nitrogens with one attached hydrogen (secondary N) is 2. The Morgan fingerprint density at radius 2 is 1.39 bits per heavy atom. The van der Waals surface area contributed by atoms with Gasteiger partial charge in [-0.15, -0.1) is 0 Å². The molecular formula is C25H25ClN2O5. The van der Waals surface area contributed by atoms with Crippen LogP contribution in [0.5, 0.6) is 17.2 Å². The van der Waals surface area contributed by atoms with Crippen LogP contribution in [0.4, 0.5) is 11.4 Å². The molecule has 0 spiro atoms. The third-order valence-electron chi connectivity index (χ3n) is 4.86. The summed E-state index contributed by atoms with van der Waals surface area (Å²) in [4.78, 5) is 25.0.